The zero-order chi connectivity index (χ0) is 29.8. The topological polar surface area (TPSA) is 76.2 Å². The number of likely N-dealkylation sites (tertiary alicyclic amines) is 1. The quantitative estimate of drug-likeness (QED) is 0.269. The molecule has 0 N–H and O–H groups in total. The molecular formula is C28H22F6N2O5. The number of ether oxygens (including phenoxy) is 2. The number of para-hydroxylation sites is 1. The molecule has 3 aromatic carbocycles. The summed E-state index contributed by atoms with van der Waals surface area (Å²) in [5.74, 6) is -5.00. The van der Waals surface area contributed by atoms with Crippen LogP contribution in [0.15, 0.2) is 60.7 Å². The number of carbonyl (C=O) groups is 1. The van der Waals surface area contributed by atoms with Gasteiger partial charge in [-0.25, -0.2) is 18.0 Å². The minimum Gasteiger partial charge on any atom is -0.441 e. The molecule has 216 valence electrons. The summed E-state index contributed by atoms with van der Waals surface area (Å²) in [7, 11) is 0. The van der Waals surface area contributed by atoms with Crippen molar-refractivity contribution in [3.8, 4) is 16.9 Å². The van der Waals surface area contributed by atoms with Gasteiger partial charge in [0.25, 0.3) is 0 Å². The fraction of sp³-hybridized carbons (Fsp3) is 0.286. The number of amides is 1. The number of rotatable bonds is 5. The Morgan fingerprint density at radius 1 is 0.902 bits per heavy atom. The van der Waals surface area contributed by atoms with Gasteiger partial charge < -0.3 is 9.47 Å². The molecule has 0 saturated carbocycles. The molecule has 5 rings (SSSR count). The molecule has 2 saturated heterocycles. The highest BCUT2D eigenvalue weighted by atomic mass is 19.4. The summed E-state index contributed by atoms with van der Waals surface area (Å²) in [5.41, 5.74) is 0.0750. The van der Waals surface area contributed by atoms with Gasteiger partial charge in [0.15, 0.2) is 17.5 Å². The second kappa shape index (κ2) is 12.0. The number of piperidine rings is 1. The van der Waals surface area contributed by atoms with E-state index in [0.29, 0.717) is 32.5 Å². The zero-order valence-electron chi connectivity index (χ0n) is 21.2. The highest BCUT2D eigenvalue weighted by Gasteiger charge is 2.47. The van der Waals surface area contributed by atoms with Crippen molar-refractivity contribution in [1.82, 2.24) is 4.90 Å². The van der Waals surface area contributed by atoms with Crippen LogP contribution in [0.5, 0.6) is 5.75 Å². The molecule has 3 aromatic rings. The minimum atomic E-state index is -4.94. The Balaban J connectivity index is 0.00000124. The molecule has 0 radical (unpaired) electrons. The number of hydrogen-bond acceptors (Lipinski definition) is 6. The normalized spacial score (nSPS) is 16.5. The van der Waals surface area contributed by atoms with Gasteiger partial charge in [0.1, 0.15) is 11.4 Å². The monoisotopic (exact) mass is 580 g/mol. The summed E-state index contributed by atoms with van der Waals surface area (Å²) in [6.45, 7) is 1.30. The summed E-state index contributed by atoms with van der Waals surface area (Å²) in [4.78, 5) is 32.3. The van der Waals surface area contributed by atoms with Crippen LogP contribution >= 0.6 is 0 Å². The van der Waals surface area contributed by atoms with Crippen LogP contribution in [-0.2, 0) is 20.9 Å². The van der Waals surface area contributed by atoms with Gasteiger partial charge in [-0.05, 0) is 47.5 Å². The molecule has 0 atom stereocenters. The third kappa shape index (κ3) is 6.87. The van der Waals surface area contributed by atoms with E-state index in [9.17, 15) is 31.1 Å². The van der Waals surface area contributed by atoms with Crippen molar-refractivity contribution in [3.63, 3.8) is 0 Å². The molecule has 2 heterocycles. The van der Waals surface area contributed by atoms with Crippen LogP contribution < -0.4 is 9.64 Å². The lowest BCUT2D eigenvalue weighted by Crippen LogP contribution is -2.46. The summed E-state index contributed by atoms with van der Waals surface area (Å²) >= 11 is 0. The van der Waals surface area contributed by atoms with Crippen molar-refractivity contribution in [2.24, 2.45) is 0 Å². The maximum absolute atomic E-state index is 14.6. The second-order valence-electron chi connectivity index (χ2n) is 9.42. The first-order valence-electron chi connectivity index (χ1n) is 12.2. The molecule has 2 aliphatic heterocycles. The molecule has 0 unspecified atom stereocenters. The van der Waals surface area contributed by atoms with E-state index in [1.165, 1.54) is 6.07 Å². The standard InChI is InChI=1S/C27H22F6N2O3.CO2/c28-22-9-8-21(23(29)24(22)30)20-7-6-19(37-27(31,32)33)14-17(20)15-34-12-10-26(11-13-34)16-35(25(36)38-26)18-4-2-1-3-5-18;2-1-3/h1-9,14H,10-13,15-16H2;. The van der Waals surface area contributed by atoms with Gasteiger partial charge in [-0.1, -0.05) is 24.3 Å². The van der Waals surface area contributed by atoms with Crippen LogP contribution in [0, 0.1) is 17.5 Å². The maximum Gasteiger partial charge on any atom is 0.573 e. The molecule has 1 spiro atoms. The van der Waals surface area contributed by atoms with Crippen LogP contribution in [0.1, 0.15) is 18.4 Å². The number of anilines is 1. The lowest BCUT2D eigenvalue weighted by molar-refractivity contribution is -0.274. The fourth-order valence-electron chi connectivity index (χ4n) is 4.94. The van der Waals surface area contributed by atoms with Crippen molar-refractivity contribution in [2.45, 2.75) is 31.3 Å². The van der Waals surface area contributed by atoms with E-state index in [2.05, 4.69) is 4.74 Å². The van der Waals surface area contributed by atoms with Crippen molar-refractivity contribution >= 4 is 17.9 Å². The lowest BCUT2D eigenvalue weighted by atomic mass is 9.90. The SMILES string of the molecule is O=C1OC2(CCN(Cc3cc(OC(F)(F)F)ccc3-c3ccc(F)c(F)c3F)CC2)CN1c1ccccc1.O=C=O. The first-order valence-corrected chi connectivity index (χ1v) is 12.2. The summed E-state index contributed by atoms with van der Waals surface area (Å²) in [6, 6.07) is 14.2. The lowest BCUT2D eigenvalue weighted by Gasteiger charge is -2.37. The Morgan fingerprint density at radius 3 is 2.17 bits per heavy atom. The second-order valence-corrected chi connectivity index (χ2v) is 9.42. The van der Waals surface area contributed by atoms with E-state index >= 15 is 0 Å². The number of hydrogen-bond donors (Lipinski definition) is 0. The van der Waals surface area contributed by atoms with Gasteiger partial charge in [-0.2, -0.15) is 9.59 Å². The fourth-order valence-corrected chi connectivity index (χ4v) is 4.94. The zero-order valence-corrected chi connectivity index (χ0v) is 21.2. The van der Waals surface area contributed by atoms with Crippen molar-refractivity contribution in [3.05, 3.63) is 83.7 Å². The van der Waals surface area contributed by atoms with E-state index in [1.54, 1.807) is 4.90 Å². The number of benzene rings is 3. The van der Waals surface area contributed by atoms with Gasteiger partial charge >= 0.3 is 18.6 Å². The van der Waals surface area contributed by atoms with Crippen LogP contribution in [0.2, 0.25) is 0 Å². The van der Waals surface area contributed by atoms with E-state index < -0.39 is 41.3 Å². The molecule has 0 aliphatic carbocycles. The first-order chi connectivity index (χ1) is 19.4. The summed E-state index contributed by atoms with van der Waals surface area (Å²) < 4.78 is 90.3. The van der Waals surface area contributed by atoms with Crippen LogP contribution in [-0.4, -0.2) is 48.7 Å². The Labute approximate surface area is 229 Å². The Morgan fingerprint density at radius 2 is 1.54 bits per heavy atom. The number of carbonyl (C=O) groups excluding carboxylic acids is 3. The molecule has 2 fully saturated rings. The predicted molar refractivity (Wildman–Crippen MR) is 131 cm³/mol. The molecule has 1 amide bonds. The van der Waals surface area contributed by atoms with E-state index in [1.807, 2.05) is 35.2 Å². The molecule has 7 nitrogen and oxygen atoms in total. The maximum atomic E-state index is 14.6. The molecule has 2 aliphatic rings. The van der Waals surface area contributed by atoms with Gasteiger partial charge in [0, 0.05) is 43.7 Å². The van der Waals surface area contributed by atoms with Crippen LogP contribution in [0.25, 0.3) is 11.1 Å². The van der Waals surface area contributed by atoms with Crippen molar-refractivity contribution < 1.29 is 50.2 Å². The van der Waals surface area contributed by atoms with Crippen molar-refractivity contribution in [2.75, 3.05) is 24.5 Å². The smallest absolute Gasteiger partial charge is 0.441 e. The van der Waals surface area contributed by atoms with E-state index in [-0.39, 0.29) is 29.4 Å². The van der Waals surface area contributed by atoms with Crippen LogP contribution in [0.4, 0.5) is 36.8 Å². The van der Waals surface area contributed by atoms with Gasteiger partial charge in [0.2, 0.25) is 0 Å². The molecule has 0 aromatic heterocycles. The third-order valence-electron chi connectivity index (χ3n) is 6.84. The Hall–Kier alpha value is -4.35. The third-order valence-corrected chi connectivity index (χ3v) is 6.84. The average Bonchev–Trinajstić information content (AvgIpc) is 3.25. The van der Waals surface area contributed by atoms with E-state index in [4.69, 9.17) is 14.3 Å². The van der Waals surface area contributed by atoms with Gasteiger partial charge in [-0.3, -0.25) is 9.80 Å². The predicted octanol–water partition coefficient (Wildman–Crippen LogP) is 6.08. The van der Waals surface area contributed by atoms with Gasteiger partial charge in [0.05, 0.1) is 6.54 Å². The minimum absolute atomic E-state index is 0.0786. The number of nitrogens with zero attached hydrogens (tertiary/aromatic N) is 2. The highest BCUT2D eigenvalue weighted by Crippen LogP contribution is 2.38. The van der Waals surface area contributed by atoms with Crippen LogP contribution in [0.3, 0.4) is 0 Å². The van der Waals surface area contributed by atoms with Gasteiger partial charge in [-0.15, -0.1) is 13.2 Å². The molecule has 0 bridgehead atoms. The average molecular weight is 580 g/mol. The summed E-state index contributed by atoms with van der Waals surface area (Å²) in [6.07, 6.45) is -4.20. The highest BCUT2D eigenvalue weighted by molar-refractivity contribution is 5.90. The molecular weight excluding hydrogens is 558 g/mol. The molecule has 13 heteroatoms. The Bertz CT molecular complexity index is 1440. The Kier molecular flexibility index (Phi) is 8.69. The summed E-state index contributed by atoms with van der Waals surface area (Å²) in [5, 5.41) is 0. The van der Waals surface area contributed by atoms with Crippen molar-refractivity contribution in [1.29, 1.82) is 0 Å². The first kappa shape index (κ1) is 29.6. The largest absolute Gasteiger partial charge is 0.573 e. The number of alkyl halides is 3. The molecule has 41 heavy (non-hydrogen) atoms. The van der Waals surface area contributed by atoms with E-state index in [0.717, 1.165) is 30.0 Å². The number of halogens is 6.